The second-order valence-electron chi connectivity index (χ2n) is 13.9. The van der Waals surface area contributed by atoms with Crippen molar-refractivity contribution in [3.05, 3.63) is 102 Å². The predicted molar refractivity (Wildman–Crippen MR) is 199 cm³/mol. The Kier molecular flexibility index (Phi) is 13.8. The number of unbranched alkanes of at least 4 members (excludes halogenated alkanes) is 4. The van der Waals surface area contributed by atoms with E-state index < -0.39 is 36.0 Å². The van der Waals surface area contributed by atoms with Crippen molar-refractivity contribution in [1.82, 2.24) is 20.6 Å². The van der Waals surface area contributed by atoms with Crippen LogP contribution in [-0.4, -0.2) is 62.8 Å². The maximum Gasteiger partial charge on any atom is 0.328 e. The van der Waals surface area contributed by atoms with Crippen molar-refractivity contribution in [1.29, 1.82) is 0 Å². The number of aliphatic hydroxyl groups excluding tert-OH is 1. The Morgan fingerprint density at radius 2 is 1.39 bits per heavy atom. The van der Waals surface area contributed by atoms with Crippen molar-refractivity contribution in [3.8, 4) is 28.3 Å². The average molecular weight is 695 g/mol. The third-order valence-electron chi connectivity index (χ3n) is 8.69. The number of carbonyl (C=O) groups is 3. The molecular weight excluding hydrogens is 644 g/mol. The molecule has 0 aliphatic carbocycles. The number of carboxylic acid groups (broad SMARTS) is 1. The molecule has 10 heteroatoms. The summed E-state index contributed by atoms with van der Waals surface area (Å²) in [4.78, 5) is 47.4. The Hall–Kier alpha value is -5.09. The summed E-state index contributed by atoms with van der Waals surface area (Å²) in [6.45, 7) is 10.4. The first-order valence-electron chi connectivity index (χ1n) is 17.6. The van der Waals surface area contributed by atoms with Gasteiger partial charge in [0.1, 0.15) is 11.8 Å². The van der Waals surface area contributed by atoms with Gasteiger partial charge in [-0.05, 0) is 59.7 Å². The van der Waals surface area contributed by atoms with Gasteiger partial charge in [-0.3, -0.25) is 9.59 Å². The molecule has 51 heavy (non-hydrogen) atoms. The Bertz CT molecular complexity index is 1710. The summed E-state index contributed by atoms with van der Waals surface area (Å²) in [5.41, 5.74) is 4.64. The first-order chi connectivity index (χ1) is 24.3. The zero-order valence-electron chi connectivity index (χ0n) is 30.2. The van der Waals surface area contributed by atoms with Crippen molar-refractivity contribution >= 4 is 17.8 Å². The summed E-state index contributed by atoms with van der Waals surface area (Å²) in [5, 5.41) is 24.6. The second-order valence-corrected chi connectivity index (χ2v) is 13.9. The van der Waals surface area contributed by atoms with E-state index in [1.165, 1.54) is 32.6 Å². The number of amides is 2. The quantitative estimate of drug-likeness (QED) is 0.0887. The number of aliphatic hydroxyl groups is 1. The third kappa shape index (κ3) is 11.5. The molecule has 10 nitrogen and oxygen atoms in total. The topological polar surface area (TPSA) is 151 Å². The first-order valence-corrected chi connectivity index (χ1v) is 17.6. The Morgan fingerprint density at radius 1 is 0.784 bits per heavy atom. The fourth-order valence-corrected chi connectivity index (χ4v) is 5.51. The highest BCUT2D eigenvalue weighted by Gasteiger charge is 2.30. The highest BCUT2D eigenvalue weighted by molar-refractivity contribution is 5.98. The molecule has 0 saturated heterocycles. The molecule has 0 fully saturated rings. The van der Waals surface area contributed by atoms with Crippen LogP contribution in [0, 0.1) is 0 Å². The summed E-state index contributed by atoms with van der Waals surface area (Å²) >= 11 is 0. The first kappa shape index (κ1) is 38.7. The SMILES string of the molecule is CCCCCCCOc1ccc(-c2cnc(-c3ccc(CC(NC(=O)c4ccc(C(C)(C)C)cc4)C(=O)NC(C(=O)O)C(C)O)cc3)nc2)cc1. The second kappa shape index (κ2) is 18.2. The zero-order chi connectivity index (χ0) is 37.0. The minimum Gasteiger partial charge on any atom is -0.494 e. The predicted octanol–water partition coefficient (Wildman–Crippen LogP) is 6.75. The number of nitrogens with one attached hydrogen (secondary N) is 2. The van der Waals surface area contributed by atoms with Crippen molar-refractivity contribution in [2.24, 2.45) is 0 Å². The monoisotopic (exact) mass is 694 g/mol. The highest BCUT2D eigenvalue weighted by Crippen LogP contribution is 2.25. The van der Waals surface area contributed by atoms with Gasteiger partial charge in [-0.25, -0.2) is 14.8 Å². The molecule has 3 aromatic carbocycles. The van der Waals surface area contributed by atoms with Crippen LogP contribution in [0.1, 0.15) is 88.2 Å². The van der Waals surface area contributed by atoms with Gasteiger partial charge >= 0.3 is 5.97 Å². The molecule has 0 aliphatic rings. The van der Waals surface area contributed by atoms with Gasteiger partial charge in [0.05, 0.1) is 12.7 Å². The van der Waals surface area contributed by atoms with Crippen LogP contribution in [-0.2, 0) is 21.4 Å². The molecule has 1 aromatic heterocycles. The van der Waals surface area contributed by atoms with Crippen LogP contribution in [0.2, 0.25) is 0 Å². The number of nitrogens with zero attached hydrogens (tertiary/aromatic N) is 2. The van der Waals surface area contributed by atoms with E-state index in [1.807, 2.05) is 60.7 Å². The van der Waals surface area contributed by atoms with E-state index in [9.17, 15) is 24.6 Å². The van der Waals surface area contributed by atoms with Crippen molar-refractivity contribution < 1.29 is 29.3 Å². The summed E-state index contributed by atoms with van der Waals surface area (Å²) in [6.07, 6.45) is 8.23. The number of carboxylic acids is 1. The van der Waals surface area contributed by atoms with Crippen LogP contribution in [0.3, 0.4) is 0 Å². The number of ether oxygens (including phenoxy) is 1. The number of hydrogen-bond acceptors (Lipinski definition) is 7. The average Bonchev–Trinajstić information content (AvgIpc) is 3.11. The molecule has 0 spiro atoms. The van der Waals surface area contributed by atoms with E-state index in [2.05, 4.69) is 48.3 Å². The lowest BCUT2D eigenvalue weighted by Crippen LogP contribution is -2.55. The number of hydrogen-bond donors (Lipinski definition) is 4. The number of aromatic nitrogens is 2. The Labute approximate surface area is 300 Å². The molecule has 0 saturated carbocycles. The molecule has 3 atom stereocenters. The normalized spacial score (nSPS) is 13.1. The molecule has 4 N–H and O–H groups in total. The molecular formula is C41H50N4O6. The fraction of sp³-hybridized carbons (Fsp3) is 0.390. The van der Waals surface area contributed by atoms with Gasteiger partial charge < -0.3 is 25.6 Å². The van der Waals surface area contributed by atoms with Crippen LogP contribution in [0.4, 0.5) is 0 Å². The van der Waals surface area contributed by atoms with E-state index in [-0.39, 0.29) is 11.8 Å². The lowest BCUT2D eigenvalue weighted by molar-refractivity contribution is -0.145. The molecule has 0 bridgehead atoms. The minimum absolute atomic E-state index is 0.0719. The largest absolute Gasteiger partial charge is 0.494 e. The molecule has 1 heterocycles. The van der Waals surface area contributed by atoms with Crippen LogP contribution in [0.15, 0.2) is 85.2 Å². The molecule has 270 valence electrons. The van der Waals surface area contributed by atoms with Gasteiger partial charge in [0.2, 0.25) is 5.91 Å². The van der Waals surface area contributed by atoms with E-state index in [1.54, 1.807) is 24.5 Å². The Balaban J connectivity index is 1.43. The maximum atomic E-state index is 13.3. The summed E-state index contributed by atoms with van der Waals surface area (Å²) < 4.78 is 5.88. The number of aliphatic carboxylic acids is 1. The van der Waals surface area contributed by atoms with Gasteiger partial charge in [-0.1, -0.05) is 102 Å². The van der Waals surface area contributed by atoms with Gasteiger partial charge in [0.15, 0.2) is 11.9 Å². The van der Waals surface area contributed by atoms with Gasteiger partial charge in [-0.2, -0.15) is 0 Å². The maximum absolute atomic E-state index is 13.3. The van der Waals surface area contributed by atoms with Crippen LogP contribution < -0.4 is 15.4 Å². The van der Waals surface area contributed by atoms with Crippen LogP contribution in [0.25, 0.3) is 22.5 Å². The smallest absolute Gasteiger partial charge is 0.328 e. The van der Waals surface area contributed by atoms with Crippen LogP contribution in [0.5, 0.6) is 5.75 Å². The number of carbonyl (C=O) groups excluding carboxylic acids is 2. The number of rotatable bonds is 17. The standard InChI is InChI=1S/C41H50N4O6/c1-6-7-8-9-10-23-51-34-21-17-29(18-22-34)32-25-42-37(43-26-32)30-13-11-28(12-14-30)24-35(39(48)45-36(27(2)46)40(49)50)44-38(47)31-15-19-33(20-16-31)41(3,4)5/h11-22,25-27,35-36,46H,6-10,23-24H2,1-5H3,(H,44,47)(H,45,48)(H,49,50). The molecule has 4 rings (SSSR count). The van der Waals surface area contributed by atoms with Gasteiger partial charge in [0, 0.05) is 35.5 Å². The minimum atomic E-state index is -1.54. The lowest BCUT2D eigenvalue weighted by Gasteiger charge is -2.23. The van der Waals surface area contributed by atoms with E-state index in [0.29, 0.717) is 23.6 Å². The zero-order valence-corrected chi connectivity index (χ0v) is 30.2. The van der Waals surface area contributed by atoms with E-state index in [0.717, 1.165) is 34.4 Å². The number of benzene rings is 3. The summed E-state index contributed by atoms with van der Waals surface area (Å²) in [7, 11) is 0. The highest BCUT2D eigenvalue weighted by atomic mass is 16.5. The van der Waals surface area contributed by atoms with Crippen molar-refractivity contribution in [2.75, 3.05) is 6.61 Å². The van der Waals surface area contributed by atoms with Crippen LogP contribution >= 0.6 is 0 Å². The van der Waals surface area contributed by atoms with Gasteiger partial charge in [-0.15, -0.1) is 0 Å². The molecule has 2 amide bonds. The summed E-state index contributed by atoms with van der Waals surface area (Å²) in [5.74, 6) is -1.23. The third-order valence-corrected chi connectivity index (χ3v) is 8.69. The van der Waals surface area contributed by atoms with Gasteiger partial charge in [0.25, 0.3) is 5.91 Å². The van der Waals surface area contributed by atoms with Crippen molar-refractivity contribution in [3.63, 3.8) is 0 Å². The molecule has 3 unspecified atom stereocenters. The van der Waals surface area contributed by atoms with Crippen molar-refractivity contribution in [2.45, 2.75) is 96.7 Å². The van der Waals surface area contributed by atoms with E-state index in [4.69, 9.17) is 4.74 Å². The molecule has 0 radical (unpaired) electrons. The summed E-state index contributed by atoms with van der Waals surface area (Å²) in [6, 6.07) is 19.6. The van der Waals surface area contributed by atoms with E-state index >= 15 is 0 Å². The molecule has 0 aliphatic heterocycles. The molecule has 4 aromatic rings. The fourth-order valence-electron chi connectivity index (χ4n) is 5.51. The Morgan fingerprint density at radius 3 is 1.96 bits per heavy atom. The lowest BCUT2D eigenvalue weighted by atomic mass is 9.86.